The highest BCUT2D eigenvalue weighted by Gasteiger charge is 2.09. The van der Waals surface area contributed by atoms with Gasteiger partial charge in [0.05, 0.1) is 17.2 Å². The van der Waals surface area contributed by atoms with E-state index in [1.807, 2.05) is 18.2 Å². The molecule has 2 amide bonds. The van der Waals surface area contributed by atoms with Crippen molar-refractivity contribution in [1.29, 1.82) is 0 Å². The molecule has 90 valence electrons. The van der Waals surface area contributed by atoms with Crippen molar-refractivity contribution >= 4 is 33.3 Å². The number of aromatic nitrogens is 1. The van der Waals surface area contributed by atoms with Crippen molar-refractivity contribution < 1.29 is 9.53 Å². The summed E-state index contributed by atoms with van der Waals surface area (Å²) in [6, 6.07) is 5.47. The molecule has 2 aromatic rings. The van der Waals surface area contributed by atoms with Crippen molar-refractivity contribution in [2.24, 2.45) is 0 Å². The summed E-state index contributed by atoms with van der Waals surface area (Å²) in [5, 5.41) is 3.69. The summed E-state index contributed by atoms with van der Waals surface area (Å²) in [4.78, 5) is 13.0. The van der Waals surface area contributed by atoms with E-state index in [9.17, 15) is 4.79 Å². The maximum atomic E-state index is 11.5. The van der Waals surface area contributed by atoms with E-state index in [1.54, 1.807) is 21.2 Å². The Morgan fingerprint density at radius 1 is 1.47 bits per heavy atom. The van der Waals surface area contributed by atoms with Gasteiger partial charge in [0.15, 0.2) is 0 Å². The first-order valence-electron chi connectivity index (χ1n) is 5.03. The molecule has 0 fully saturated rings. The minimum atomic E-state index is -0.161. The fourth-order valence-corrected chi connectivity index (χ4v) is 2.10. The number of carbonyl (C=O) groups excluding carboxylic acids is 1. The lowest BCUT2D eigenvalue weighted by atomic mass is 10.2. The molecule has 1 heterocycles. The van der Waals surface area contributed by atoms with Crippen LogP contribution in [0.15, 0.2) is 18.2 Å². The van der Waals surface area contributed by atoms with Crippen LogP contribution in [0.5, 0.6) is 5.88 Å². The number of methoxy groups -OCH3 is 1. The molecule has 0 bridgehead atoms. The third-order valence-electron chi connectivity index (χ3n) is 2.29. The lowest BCUT2D eigenvalue weighted by Gasteiger charge is -2.11. The molecule has 0 aliphatic carbocycles. The molecule has 0 radical (unpaired) electrons. The molecule has 1 N–H and O–H groups in total. The van der Waals surface area contributed by atoms with Gasteiger partial charge >= 0.3 is 6.03 Å². The van der Waals surface area contributed by atoms with E-state index in [0.29, 0.717) is 5.88 Å². The highest BCUT2D eigenvalue weighted by molar-refractivity contribution is 7.13. The summed E-state index contributed by atoms with van der Waals surface area (Å²) in [7, 11) is 4.97. The summed E-state index contributed by atoms with van der Waals surface area (Å²) in [5.74, 6) is 0.589. The zero-order chi connectivity index (χ0) is 12.4. The third kappa shape index (κ3) is 2.31. The number of hydrogen-bond acceptors (Lipinski definition) is 4. The molecule has 1 aromatic heterocycles. The van der Waals surface area contributed by atoms with E-state index < -0.39 is 0 Å². The number of urea groups is 1. The van der Waals surface area contributed by atoms with Crippen LogP contribution in [0.1, 0.15) is 0 Å². The summed E-state index contributed by atoms with van der Waals surface area (Å²) in [5.41, 5.74) is 0.731. The van der Waals surface area contributed by atoms with E-state index >= 15 is 0 Å². The number of hydrogen-bond donors (Lipinski definition) is 1. The lowest BCUT2D eigenvalue weighted by molar-refractivity contribution is 0.230. The quantitative estimate of drug-likeness (QED) is 0.891. The Morgan fingerprint density at radius 2 is 2.24 bits per heavy atom. The van der Waals surface area contributed by atoms with Crippen molar-refractivity contribution in [3.05, 3.63) is 18.2 Å². The number of carbonyl (C=O) groups is 1. The molecule has 5 nitrogen and oxygen atoms in total. The normalized spacial score (nSPS) is 10.3. The Hall–Kier alpha value is -1.82. The number of nitrogens with one attached hydrogen (secondary N) is 1. The molecule has 0 saturated carbocycles. The molecule has 6 heteroatoms. The van der Waals surface area contributed by atoms with Crippen LogP contribution >= 0.6 is 11.5 Å². The predicted octanol–water partition coefficient (Wildman–Crippen LogP) is 2.40. The van der Waals surface area contributed by atoms with Crippen LogP contribution in [0, 0.1) is 0 Å². The van der Waals surface area contributed by atoms with Gasteiger partial charge in [-0.25, -0.2) is 4.79 Å². The number of rotatable bonds is 2. The van der Waals surface area contributed by atoms with Crippen LogP contribution < -0.4 is 10.1 Å². The Labute approximate surface area is 103 Å². The fourth-order valence-electron chi connectivity index (χ4n) is 1.38. The van der Waals surface area contributed by atoms with E-state index in [1.165, 1.54) is 16.4 Å². The zero-order valence-corrected chi connectivity index (χ0v) is 10.7. The lowest BCUT2D eigenvalue weighted by Crippen LogP contribution is -2.27. The highest BCUT2D eigenvalue weighted by atomic mass is 32.1. The van der Waals surface area contributed by atoms with Crippen molar-refractivity contribution in [2.45, 2.75) is 0 Å². The average molecular weight is 251 g/mol. The molecule has 0 spiro atoms. The molecular weight excluding hydrogens is 238 g/mol. The molecule has 0 unspecified atom stereocenters. The average Bonchev–Trinajstić information content (AvgIpc) is 2.71. The van der Waals surface area contributed by atoms with Gasteiger partial charge in [0, 0.05) is 19.8 Å². The van der Waals surface area contributed by atoms with Gasteiger partial charge < -0.3 is 15.0 Å². The topological polar surface area (TPSA) is 54.5 Å². The van der Waals surface area contributed by atoms with Gasteiger partial charge in [0.1, 0.15) is 0 Å². The fraction of sp³-hybridized carbons (Fsp3) is 0.273. The van der Waals surface area contributed by atoms with Crippen LogP contribution in [-0.2, 0) is 0 Å². The van der Waals surface area contributed by atoms with Crippen molar-refractivity contribution in [1.82, 2.24) is 9.27 Å². The number of amides is 2. The summed E-state index contributed by atoms with van der Waals surface area (Å²) < 4.78 is 10.3. The second kappa shape index (κ2) is 4.58. The highest BCUT2D eigenvalue weighted by Crippen LogP contribution is 2.30. The first-order valence-corrected chi connectivity index (χ1v) is 5.81. The van der Waals surface area contributed by atoms with Crippen molar-refractivity contribution in [3.8, 4) is 5.88 Å². The van der Waals surface area contributed by atoms with Crippen LogP contribution in [-0.4, -0.2) is 36.5 Å². The van der Waals surface area contributed by atoms with Gasteiger partial charge in [-0.2, -0.15) is 4.37 Å². The largest absolute Gasteiger partial charge is 0.480 e. The Balaban J connectivity index is 2.33. The number of ether oxygens (including phenoxy) is 1. The molecule has 0 saturated heterocycles. The van der Waals surface area contributed by atoms with Gasteiger partial charge in [-0.1, -0.05) is 0 Å². The van der Waals surface area contributed by atoms with E-state index in [2.05, 4.69) is 9.69 Å². The number of nitrogens with zero attached hydrogens (tertiary/aromatic N) is 2. The minimum Gasteiger partial charge on any atom is -0.480 e. The summed E-state index contributed by atoms with van der Waals surface area (Å²) in [6.07, 6.45) is 0. The van der Waals surface area contributed by atoms with Crippen LogP contribution in [0.3, 0.4) is 0 Å². The molecule has 1 aromatic carbocycles. The number of anilines is 1. The van der Waals surface area contributed by atoms with Crippen LogP contribution in [0.25, 0.3) is 10.1 Å². The Kier molecular flexibility index (Phi) is 3.14. The maximum Gasteiger partial charge on any atom is 0.321 e. The van der Waals surface area contributed by atoms with E-state index in [4.69, 9.17) is 4.74 Å². The second-order valence-corrected chi connectivity index (χ2v) is 4.53. The molecule has 0 aliphatic rings. The molecular formula is C11H13N3O2S. The van der Waals surface area contributed by atoms with Gasteiger partial charge in [-0.05, 0) is 29.7 Å². The van der Waals surface area contributed by atoms with Gasteiger partial charge in [0.25, 0.3) is 0 Å². The Bertz CT molecular complexity index is 551. The van der Waals surface area contributed by atoms with E-state index in [-0.39, 0.29) is 6.03 Å². The summed E-state index contributed by atoms with van der Waals surface area (Å²) >= 11 is 1.37. The maximum absolute atomic E-state index is 11.5. The standard InChI is InChI=1S/C11H13N3O2S/c1-14(2)11(15)12-7-4-5-9-8(6-7)10(16-3)13-17-9/h4-6H,1-3H3,(H,12,15). The molecule has 0 atom stereocenters. The van der Waals surface area contributed by atoms with E-state index in [0.717, 1.165) is 15.8 Å². The van der Waals surface area contributed by atoms with Crippen molar-refractivity contribution in [3.63, 3.8) is 0 Å². The molecule has 17 heavy (non-hydrogen) atoms. The summed E-state index contributed by atoms with van der Waals surface area (Å²) in [6.45, 7) is 0. The Morgan fingerprint density at radius 3 is 2.88 bits per heavy atom. The number of fused-ring (bicyclic) bond motifs is 1. The molecule has 0 aliphatic heterocycles. The zero-order valence-electron chi connectivity index (χ0n) is 9.85. The SMILES string of the molecule is COc1nsc2ccc(NC(=O)N(C)C)cc12. The van der Waals surface area contributed by atoms with Gasteiger partial charge in [-0.3, -0.25) is 0 Å². The minimum absolute atomic E-state index is 0.161. The first kappa shape index (κ1) is 11.7. The van der Waals surface area contributed by atoms with Gasteiger partial charge in [0.2, 0.25) is 5.88 Å². The van der Waals surface area contributed by atoms with Gasteiger partial charge in [-0.15, -0.1) is 0 Å². The van der Waals surface area contributed by atoms with Crippen molar-refractivity contribution in [2.75, 3.05) is 26.5 Å². The second-order valence-electron chi connectivity index (χ2n) is 3.73. The number of benzene rings is 1. The molecule has 2 rings (SSSR count). The first-order chi connectivity index (χ1) is 8.11. The third-order valence-corrected chi connectivity index (χ3v) is 3.10. The monoisotopic (exact) mass is 251 g/mol. The van der Waals surface area contributed by atoms with Crippen LogP contribution in [0.4, 0.5) is 10.5 Å². The van der Waals surface area contributed by atoms with Crippen LogP contribution in [0.2, 0.25) is 0 Å². The smallest absolute Gasteiger partial charge is 0.321 e. The predicted molar refractivity (Wildman–Crippen MR) is 68.9 cm³/mol.